The van der Waals surface area contributed by atoms with Crippen LogP contribution in [0.2, 0.25) is 0 Å². The van der Waals surface area contributed by atoms with E-state index in [1.807, 2.05) is 12.1 Å². The Morgan fingerprint density at radius 2 is 1.65 bits per heavy atom. The lowest BCUT2D eigenvalue weighted by Gasteiger charge is -2.34. The fourth-order valence-corrected chi connectivity index (χ4v) is 2.84. The van der Waals surface area contributed by atoms with Gasteiger partial charge in [-0.25, -0.2) is 0 Å². The molecular formula is C16H24N4. The van der Waals surface area contributed by atoms with Crippen LogP contribution in [-0.4, -0.2) is 48.4 Å². The van der Waals surface area contributed by atoms with Crippen LogP contribution >= 0.6 is 0 Å². The molecule has 0 bridgehead atoms. The third kappa shape index (κ3) is 3.58. The Kier molecular flexibility index (Phi) is 4.03. The molecule has 0 aromatic heterocycles. The Hall–Kier alpha value is -1.39. The van der Waals surface area contributed by atoms with E-state index in [9.17, 15) is 0 Å². The molecule has 20 heavy (non-hydrogen) atoms. The second-order valence-electron chi connectivity index (χ2n) is 6.13. The van der Waals surface area contributed by atoms with Crippen molar-refractivity contribution in [2.24, 2.45) is 11.7 Å². The minimum Gasteiger partial charge on any atom is -0.384 e. The predicted molar refractivity (Wildman–Crippen MR) is 81.9 cm³/mol. The van der Waals surface area contributed by atoms with Crippen LogP contribution in [0.1, 0.15) is 24.0 Å². The fraction of sp³-hybridized carbons (Fsp3) is 0.562. The van der Waals surface area contributed by atoms with E-state index in [2.05, 4.69) is 21.9 Å². The van der Waals surface area contributed by atoms with Crippen LogP contribution in [0.25, 0.3) is 0 Å². The van der Waals surface area contributed by atoms with E-state index in [1.165, 1.54) is 51.1 Å². The second-order valence-corrected chi connectivity index (χ2v) is 6.13. The number of benzene rings is 1. The van der Waals surface area contributed by atoms with Gasteiger partial charge in [-0.15, -0.1) is 0 Å². The molecule has 2 aliphatic rings. The number of nitrogens with two attached hydrogens (primary N) is 1. The van der Waals surface area contributed by atoms with Gasteiger partial charge in [-0.1, -0.05) is 24.3 Å². The van der Waals surface area contributed by atoms with Crippen molar-refractivity contribution >= 4 is 5.84 Å². The molecule has 3 rings (SSSR count). The molecule has 1 aliphatic heterocycles. The Morgan fingerprint density at radius 1 is 1.05 bits per heavy atom. The summed E-state index contributed by atoms with van der Waals surface area (Å²) in [6, 6.07) is 8.07. The summed E-state index contributed by atoms with van der Waals surface area (Å²) in [6.07, 6.45) is 2.89. The van der Waals surface area contributed by atoms with E-state index in [1.54, 1.807) is 0 Å². The maximum atomic E-state index is 7.40. The molecular weight excluding hydrogens is 248 g/mol. The van der Waals surface area contributed by atoms with Crippen LogP contribution in [0.15, 0.2) is 24.3 Å². The van der Waals surface area contributed by atoms with Gasteiger partial charge in [-0.05, 0) is 24.3 Å². The first kappa shape index (κ1) is 13.6. The zero-order chi connectivity index (χ0) is 13.9. The molecule has 1 heterocycles. The van der Waals surface area contributed by atoms with Crippen molar-refractivity contribution in [2.45, 2.75) is 19.4 Å². The number of rotatable bonds is 5. The molecule has 1 aliphatic carbocycles. The van der Waals surface area contributed by atoms with Crippen molar-refractivity contribution in [3.8, 4) is 0 Å². The number of nitrogens with one attached hydrogen (secondary N) is 1. The molecule has 0 radical (unpaired) electrons. The molecule has 108 valence electrons. The van der Waals surface area contributed by atoms with Gasteiger partial charge in [-0.2, -0.15) is 0 Å². The van der Waals surface area contributed by atoms with Gasteiger partial charge < -0.3 is 10.6 Å². The summed E-state index contributed by atoms with van der Waals surface area (Å²) < 4.78 is 0. The van der Waals surface area contributed by atoms with Crippen LogP contribution in [0.4, 0.5) is 0 Å². The van der Waals surface area contributed by atoms with Gasteiger partial charge in [0.1, 0.15) is 5.84 Å². The van der Waals surface area contributed by atoms with Crippen molar-refractivity contribution in [3.63, 3.8) is 0 Å². The zero-order valence-electron chi connectivity index (χ0n) is 12.0. The second kappa shape index (κ2) is 5.94. The van der Waals surface area contributed by atoms with E-state index in [0.717, 1.165) is 18.0 Å². The first-order chi connectivity index (χ1) is 9.70. The molecule has 1 saturated carbocycles. The average molecular weight is 272 g/mol. The molecule has 1 saturated heterocycles. The van der Waals surface area contributed by atoms with Gasteiger partial charge in [0, 0.05) is 44.8 Å². The lowest BCUT2D eigenvalue weighted by atomic mass is 10.1. The Labute approximate surface area is 121 Å². The van der Waals surface area contributed by atoms with Crippen molar-refractivity contribution in [1.29, 1.82) is 5.41 Å². The third-order valence-corrected chi connectivity index (χ3v) is 4.35. The van der Waals surface area contributed by atoms with Crippen LogP contribution in [0, 0.1) is 11.3 Å². The summed E-state index contributed by atoms with van der Waals surface area (Å²) >= 11 is 0. The molecule has 1 aromatic carbocycles. The standard InChI is InChI=1S/C16H24N4/c17-16(18)15-5-3-14(4-6-15)12-20-9-7-19(8-10-20)11-13-1-2-13/h3-6,13H,1-2,7-12H2,(H3,17,18). The topological polar surface area (TPSA) is 56.4 Å². The van der Waals surface area contributed by atoms with Crippen molar-refractivity contribution in [1.82, 2.24) is 9.80 Å². The zero-order valence-corrected chi connectivity index (χ0v) is 12.0. The summed E-state index contributed by atoms with van der Waals surface area (Å²) in [5, 5.41) is 7.40. The van der Waals surface area contributed by atoms with Crippen molar-refractivity contribution in [2.75, 3.05) is 32.7 Å². The molecule has 0 spiro atoms. The first-order valence-electron chi connectivity index (χ1n) is 7.59. The molecule has 4 heteroatoms. The van der Waals surface area contributed by atoms with E-state index in [-0.39, 0.29) is 5.84 Å². The molecule has 0 amide bonds. The number of piperazine rings is 1. The monoisotopic (exact) mass is 272 g/mol. The quantitative estimate of drug-likeness (QED) is 0.631. The van der Waals surface area contributed by atoms with E-state index < -0.39 is 0 Å². The highest BCUT2D eigenvalue weighted by Crippen LogP contribution is 2.29. The summed E-state index contributed by atoms with van der Waals surface area (Å²) in [5.41, 5.74) is 7.59. The highest BCUT2D eigenvalue weighted by molar-refractivity contribution is 5.94. The smallest absolute Gasteiger partial charge is 0.122 e. The Morgan fingerprint density at radius 3 is 2.20 bits per heavy atom. The van der Waals surface area contributed by atoms with Crippen molar-refractivity contribution < 1.29 is 0 Å². The number of hydrogen-bond donors (Lipinski definition) is 2. The fourth-order valence-electron chi connectivity index (χ4n) is 2.84. The van der Waals surface area contributed by atoms with E-state index in [4.69, 9.17) is 11.1 Å². The van der Waals surface area contributed by atoms with Crippen molar-refractivity contribution in [3.05, 3.63) is 35.4 Å². The summed E-state index contributed by atoms with van der Waals surface area (Å²) in [7, 11) is 0. The minimum atomic E-state index is 0.144. The van der Waals surface area contributed by atoms with Crippen LogP contribution in [0.3, 0.4) is 0 Å². The van der Waals surface area contributed by atoms with Crippen LogP contribution in [-0.2, 0) is 6.54 Å². The molecule has 1 aromatic rings. The first-order valence-corrected chi connectivity index (χ1v) is 7.59. The summed E-state index contributed by atoms with van der Waals surface area (Å²) in [6.45, 7) is 7.09. The van der Waals surface area contributed by atoms with Gasteiger partial charge in [0.2, 0.25) is 0 Å². The number of hydrogen-bond acceptors (Lipinski definition) is 3. The Balaban J connectivity index is 1.47. The largest absolute Gasteiger partial charge is 0.384 e. The lowest BCUT2D eigenvalue weighted by Crippen LogP contribution is -2.46. The summed E-state index contributed by atoms with van der Waals surface area (Å²) in [5.74, 6) is 1.14. The Bertz CT molecular complexity index is 456. The number of nitrogen functional groups attached to an aromatic ring is 1. The number of nitrogens with zero attached hydrogens (tertiary/aromatic N) is 2. The number of amidine groups is 1. The molecule has 3 N–H and O–H groups in total. The molecule has 4 nitrogen and oxygen atoms in total. The molecule has 2 fully saturated rings. The maximum Gasteiger partial charge on any atom is 0.122 e. The van der Waals surface area contributed by atoms with Gasteiger partial charge in [-0.3, -0.25) is 10.3 Å². The van der Waals surface area contributed by atoms with E-state index >= 15 is 0 Å². The highest BCUT2D eigenvalue weighted by Gasteiger charge is 2.26. The average Bonchev–Trinajstić information content (AvgIpc) is 3.26. The SMILES string of the molecule is N=C(N)c1ccc(CN2CCN(CC3CC3)CC2)cc1. The van der Waals surface area contributed by atoms with Crippen LogP contribution in [0.5, 0.6) is 0 Å². The van der Waals surface area contributed by atoms with E-state index in [0.29, 0.717) is 0 Å². The lowest BCUT2D eigenvalue weighted by molar-refractivity contribution is 0.123. The van der Waals surface area contributed by atoms with Gasteiger partial charge in [0.25, 0.3) is 0 Å². The highest BCUT2D eigenvalue weighted by atomic mass is 15.3. The third-order valence-electron chi connectivity index (χ3n) is 4.35. The normalized spacial score (nSPS) is 21.0. The van der Waals surface area contributed by atoms with Crippen LogP contribution < -0.4 is 5.73 Å². The van der Waals surface area contributed by atoms with Gasteiger partial charge >= 0.3 is 0 Å². The molecule has 0 unspecified atom stereocenters. The summed E-state index contributed by atoms with van der Waals surface area (Å²) in [4.78, 5) is 5.14. The predicted octanol–water partition coefficient (Wildman–Crippen LogP) is 1.50. The van der Waals surface area contributed by atoms with Gasteiger partial charge in [0.05, 0.1) is 0 Å². The van der Waals surface area contributed by atoms with Gasteiger partial charge in [0.15, 0.2) is 0 Å². The maximum absolute atomic E-state index is 7.40. The minimum absolute atomic E-state index is 0.144. The molecule has 0 atom stereocenters.